The van der Waals surface area contributed by atoms with Crippen LogP contribution in [0, 0.1) is 0 Å². The SMILES string of the molecule is CC=O.CCN1CCN(CCOCCOC)CC1. The van der Waals surface area contributed by atoms with Crippen LogP contribution < -0.4 is 0 Å². The van der Waals surface area contributed by atoms with Crippen LogP contribution in [-0.4, -0.2) is 82.3 Å². The second-order valence-electron chi connectivity index (χ2n) is 4.12. The molecule has 0 aliphatic carbocycles. The number of carbonyl (C=O) groups excluding carboxylic acids is 1. The maximum atomic E-state index is 8.81. The summed E-state index contributed by atoms with van der Waals surface area (Å²) < 4.78 is 10.4. The minimum Gasteiger partial charge on any atom is -0.382 e. The first kappa shape index (κ1) is 17.5. The Morgan fingerprint density at radius 3 is 2.11 bits per heavy atom. The van der Waals surface area contributed by atoms with Gasteiger partial charge in [-0.2, -0.15) is 0 Å². The van der Waals surface area contributed by atoms with Crippen molar-refractivity contribution in [1.29, 1.82) is 0 Å². The third-order valence-corrected chi connectivity index (χ3v) is 2.90. The van der Waals surface area contributed by atoms with Crippen molar-refractivity contribution in [3.63, 3.8) is 0 Å². The third-order valence-electron chi connectivity index (χ3n) is 2.90. The molecule has 0 aromatic carbocycles. The van der Waals surface area contributed by atoms with E-state index >= 15 is 0 Å². The van der Waals surface area contributed by atoms with Gasteiger partial charge in [0.15, 0.2) is 0 Å². The van der Waals surface area contributed by atoms with Crippen molar-refractivity contribution in [2.24, 2.45) is 0 Å². The first-order valence-corrected chi connectivity index (χ1v) is 6.69. The average Bonchev–Trinajstić information content (AvgIpc) is 2.40. The predicted molar refractivity (Wildman–Crippen MR) is 73.0 cm³/mol. The lowest BCUT2D eigenvalue weighted by Crippen LogP contribution is -2.47. The van der Waals surface area contributed by atoms with Crippen LogP contribution in [0.1, 0.15) is 13.8 Å². The molecule has 0 aromatic rings. The van der Waals surface area contributed by atoms with Gasteiger partial charge in [0.25, 0.3) is 0 Å². The fourth-order valence-corrected chi connectivity index (χ4v) is 1.77. The molecule has 0 atom stereocenters. The summed E-state index contributed by atoms with van der Waals surface area (Å²) in [4.78, 5) is 13.8. The van der Waals surface area contributed by atoms with E-state index in [9.17, 15) is 0 Å². The molecular formula is C13H28N2O3. The van der Waals surface area contributed by atoms with Crippen LogP contribution in [0.3, 0.4) is 0 Å². The Hall–Kier alpha value is -0.490. The zero-order valence-corrected chi connectivity index (χ0v) is 12.1. The number of ether oxygens (including phenoxy) is 2. The van der Waals surface area contributed by atoms with Gasteiger partial charge in [0.1, 0.15) is 6.29 Å². The lowest BCUT2D eigenvalue weighted by molar-refractivity contribution is -0.106. The van der Waals surface area contributed by atoms with E-state index in [4.69, 9.17) is 14.3 Å². The molecule has 5 nitrogen and oxygen atoms in total. The van der Waals surface area contributed by atoms with Gasteiger partial charge in [0, 0.05) is 39.8 Å². The summed E-state index contributed by atoms with van der Waals surface area (Å²) in [6, 6.07) is 0. The first-order chi connectivity index (χ1) is 8.78. The summed E-state index contributed by atoms with van der Waals surface area (Å²) in [7, 11) is 1.70. The minimum absolute atomic E-state index is 0.698. The van der Waals surface area contributed by atoms with Gasteiger partial charge in [-0.1, -0.05) is 6.92 Å². The van der Waals surface area contributed by atoms with E-state index in [2.05, 4.69) is 16.7 Å². The van der Waals surface area contributed by atoms with E-state index in [1.54, 1.807) is 7.11 Å². The van der Waals surface area contributed by atoms with E-state index < -0.39 is 0 Å². The first-order valence-electron chi connectivity index (χ1n) is 6.69. The highest BCUT2D eigenvalue weighted by Gasteiger charge is 2.14. The Balaban J connectivity index is 0.000000873. The molecule has 5 heteroatoms. The Morgan fingerprint density at radius 2 is 1.61 bits per heavy atom. The maximum absolute atomic E-state index is 8.81. The maximum Gasteiger partial charge on any atom is 0.116 e. The normalized spacial score (nSPS) is 17.1. The fourth-order valence-electron chi connectivity index (χ4n) is 1.77. The molecular weight excluding hydrogens is 232 g/mol. The molecule has 108 valence electrons. The number of nitrogens with zero attached hydrogens (tertiary/aromatic N) is 2. The number of likely N-dealkylation sites (N-methyl/N-ethyl adjacent to an activating group) is 1. The summed E-state index contributed by atoms with van der Waals surface area (Å²) in [6.45, 7) is 12.9. The van der Waals surface area contributed by atoms with Gasteiger partial charge >= 0.3 is 0 Å². The second-order valence-corrected chi connectivity index (χ2v) is 4.12. The number of hydrogen-bond acceptors (Lipinski definition) is 5. The summed E-state index contributed by atoms with van der Waals surface area (Å²) in [5.74, 6) is 0. The summed E-state index contributed by atoms with van der Waals surface area (Å²) in [6.07, 6.45) is 0.750. The number of piperazine rings is 1. The molecule has 1 aliphatic heterocycles. The monoisotopic (exact) mass is 260 g/mol. The number of methoxy groups -OCH3 is 1. The van der Waals surface area contributed by atoms with E-state index in [-0.39, 0.29) is 0 Å². The Labute approximate surface area is 111 Å². The van der Waals surface area contributed by atoms with E-state index in [1.807, 2.05) is 0 Å². The molecule has 0 N–H and O–H groups in total. The lowest BCUT2D eigenvalue weighted by atomic mass is 10.3. The number of carbonyl (C=O) groups is 1. The van der Waals surface area contributed by atoms with Crippen LogP contribution in [0.15, 0.2) is 0 Å². The molecule has 1 fully saturated rings. The molecule has 1 saturated heterocycles. The van der Waals surface area contributed by atoms with Gasteiger partial charge in [0.2, 0.25) is 0 Å². The van der Waals surface area contributed by atoms with E-state index in [0.717, 1.165) is 19.4 Å². The van der Waals surface area contributed by atoms with Crippen molar-refractivity contribution >= 4 is 6.29 Å². The van der Waals surface area contributed by atoms with Crippen molar-refractivity contribution in [1.82, 2.24) is 9.80 Å². The summed E-state index contributed by atoms with van der Waals surface area (Å²) in [5, 5.41) is 0. The zero-order chi connectivity index (χ0) is 13.6. The summed E-state index contributed by atoms with van der Waals surface area (Å²) >= 11 is 0. The lowest BCUT2D eigenvalue weighted by Gasteiger charge is -2.33. The zero-order valence-electron chi connectivity index (χ0n) is 12.1. The van der Waals surface area contributed by atoms with Crippen molar-refractivity contribution in [3.8, 4) is 0 Å². The molecule has 0 aromatic heterocycles. The second kappa shape index (κ2) is 13.0. The van der Waals surface area contributed by atoms with Gasteiger partial charge in [-0.15, -0.1) is 0 Å². The molecule has 0 bridgehead atoms. The Morgan fingerprint density at radius 1 is 1.06 bits per heavy atom. The van der Waals surface area contributed by atoms with Crippen molar-refractivity contribution in [2.45, 2.75) is 13.8 Å². The van der Waals surface area contributed by atoms with Crippen molar-refractivity contribution in [3.05, 3.63) is 0 Å². The Kier molecular flexibility index (Phi) is 12.6. The van der Waals surface area contributed by atoms with Gasteiger partial charge in [-0.3, -0.25) is 4.90 Å². The minimum atomic E-state index is 0.698. The Bertz CT molecular complexity index is 183. The average molecular weight is 260 g/mol. The molecule has 0 unspecified atom stereocenters. The van der Waals surface area contributed by atoms with Crippen LogP contribution in [0.4, 0.5) is 0 Å². The molecule has 0 amide bonds. The van der Waals surface area contributed by atoms with Crippen molar-refractivity contribution in [2.75, 3.05) is 66.2 Å². The highest BCUT2D eigenvalue weighted by Crippen LogP contribution is 2.00. The molecule has 1 heterocycles. The number of aldehydes is 1. The molecule has 1 aliphatic rings. The van der Waals surface area contributed by atoms with Gasteiger partial charge in [-0.25, -0.2) is 0 Å². The molecule has 0 spiro atoms. The van der Waals surface area contributed by atoms with E-state index in [1.165, 1.54) is 39.6 Å². The summed E-state index contributed by atoms with van der Waals surface area (Å²) in [5.41, 5.74) is 0. The molecule has 1 rings (SSSR count). The number of hydrogen-bond donors (Lipinski definition) is 0. The van der Waals surface area contributed by atoms with Crippen LogP contribution >= 0.6 is 0 Å². The molecule has 0 saturated carbocycles. The smallest absolute Gasteiger partial charge is 0.116 e. The predicted octanol–water partition coefficient (Wildman–Crippen LogP) is 0.492. The van der Waals surface area contributed by atoms with Crippen LogP contribution in [0.2, 0.25) is 0 Å². The quantitative estimate of drug-likeness (QED) is 0.492. The van der Waals surface area contributed by atoms with Crippen LogP contribution in [0.5, 0.6) is 0 Å². The van der Waals surface area contributed by atoms with Crippen molar-refractivity contribution < 1.29 is 14.3 Å². The van der Waals surface area contributed by atoms with Gasteiger partial charge < -0.3 is 19.2 Å². The molecule has 18 heavy (non-hydrogen) atoms. The van der Waals surface area contributed by atoms with Gasteiger partial charge in [0.05, 0.1) is 19.8 Å². The highest BCUT2D eigenvalue weighted by atomic mass is 16.5. The topological polar surface area (TPSA) is 42.0 Å². The van der Waals surface area contributed by atoms with Crippen LogP contribution in [-0.2, 0) is 14.3 Å². The fraction of sp³-hybridized carbons (Fsp3) is 0.923. The van der Waals surface area contributed by atoms with E-state index in [0.29, 0.717) is 13.2 Å². The van der Waals surface area contributed by atoms with Gasteiger partial charge in [-0.05, 0) is 13.5 Å². The highest BCUT2D eigenvalue weighted by molar-refractivity contribution is 5.44. The van der Waals surface area contributed by atoms with Crippen LogP contribution in [0.25, 0.3) is 0 Å². The third kappa shape index (κ3) is 9.53. The molecule has 0 radical (unpaired) electrons. The standard InChI is InChI=1S/C11H24N2O2.C2H4O/c1-3-12-4-6-13(7-5-12)8-9-15-11-10-14-2;1-2-3/h3-11H2,1-2H3;2H,1H3. The largest absolute Gasteiger partial charge is 0.382 e. The number of rotatable bonds is 7.